The van der Waals surface area contributed by atoms with E-state index in [9.17, 15) is 13.9 Å². The van der Waals surface area contributed by atoms with Gasteiger partial charge in [0.25, 0.3) is 0 Å². The second-order valence-electron chi connectivity index (χ2n) is 4.19. The molecule has 0 aliphatic heterocycles. The minimum atomic E-state index is -0.830. The number of benzene rings is 2. The topological polar surface area (TPSA) is 32.3 Å². The third-order valence-corrected chi connectivity index (χ3v) is 3.66. The predicted octanol–water partition coefficient (Wildman–Crippen LogP) is 4.53. The van der Waals surface area contributed by atoms with Gasteiger partial charge in [0.15, 0.2) is 0 Å². The highest BCUT2D eigenvalue weighted by Crippen LogP contribution is 2.32. The molecule has 6 heteroatoms. The minimum absolute atomic E-state index is 0.162. The molecule has 20 heavy (non-hydrogen) atoms. The number of anilines is 1. The smallest absolute Gasteiger partial charge is 0.125 e. The summed E-state index contributed by atoms with van der Waals surface area (Å²) in [6, 6.07) is 8.02. The summed E-state index contributed by atoms with van der Waals surface area (Å²) in [6.45, 7) is 0.162. The fourth-order valence-electron chi connectivity index (χ4n) is 1.71. The van der Waals surface area contributed by atoms with Crippen molar-refractivity contribution in [3.8, 4) is 0 Å². The van der Waals surface area contributed by atoms with Crippen molar-refractivity contribution in [1.82, 2.24) is 0 Å². The van der Waals surface area contributed by atoms with Gasteiger partial charge in [0, 0.05) is 11.0 Å². The third-order valence-electron chi connectivity index (χ3n) is 2.73. The Hall–Kier alpha value is -1.17. The molecule has 1 unspecified atom stereocenters. The first kappa shape index (κ1) is 15.2. The summed E-state index contributed by atoms with van der Waals surface area (Å²) in [4.78, 5) is 0. The molecule has 0 heterocycles. The van der Waals surface area contributed by atoms with E-state index in [-0.39, 0.29) is 17.4 Å². The zero-order valence-electron chi connectivity index (χ0n) is 10.2. The maximum Gasteiger partial charge on any atom is 0.125 e. The van der Waals surface area contributed by atoms with E-state index in [4.69, 9.17) is 11.6 Å². The molecule has 0 aliphatic carbocycles. The van der Waals surface area contributed by atoms with Crippen molar-refractivity contribution in [3.05, 3.63) is 63.1 Å². The summed E-state index contributed by atoms with van der Waals surface area (Å²) in [5.41, 5.74) is 1.07. The molecule has 0 saturated carbocycles. The largest absolute Gasteiger partial charge is 0.387 e. The van der Waals surface area contributed by atoms with Crippen LogP contribution in [0.1, 0.15) is 11.7 Å². The van der Waals surface area contributed by atoms with Crippen LogP contribution < -0.4 is 5.32 Å². The standard InChI is InChI=1S/C14H11BrClF2NO/c15-11-5-10(18)6-12(16)14(11)19-7-13(20)8-1-3-9(17)4-2-8/h1-6,13,19-20H,7H2. The molecule has 0 fully saturated rings. The fraction of sp³-hybridized carbons (Fsp3) is 0.143. The molecule has 2 aromatic carbocycles. The Morgan fingerprint density at radius 2 is 1.80 bits per heavy atom. The molecule has 0 saturated heterocycles. The highest BCUT2D eigenvalue weighted by Gasteiger charge is 2.11. The van der Waals surface area contributed by atoms with Crippen molar-refractivity contribution < 1.29 is 13.9 Å². The second kappa shape index (κ2) is 6.52. The van der Waals surface area contributed by atoms with Crippen LogP contribution in [0.4, 0.5) is 14.5 Å². The van der Waals surface area contributed by atoms with Gasteiger partial charge in [0.2, 0.25) is 0 Å². The van der Waals surface area contributed by atoms with Crippen LogP contribution in [-0.4, -0.2) is 11.7 Å². The van der Waals surface area contributed by atoms with Gasteiger partial charge in [-0.15, -0.1) is 0 Å². The molecule has 0 bridgehead atoms. The van der Waals surface area contributed by atoms with E-state index in [0.29, 0.717) is 15.7 Å². The number of aliphatic hydroxyl groups is 1. The van der Waals surface area contributed by atoms with Crippen molar-refractivity contribution in [2.45, 2.75) is 6.10 Å². The Balaban J connectivity index is 2.07. The molecule has 1 atom stereocenters. The Labute approximate surface area is 128 Å². The van der Waals surface area contributed by atoms with E-state index < -0.39 is 11.9 Å². The van der Waals surface area contributed by atoms with Crippen LogP contribution in [0.25, 0.3) is 0 Å². The Morgan fingerprint density at radius 3 is 2.40 bits per heavy atom. The van der Waals surface area contributed by atoms with E-state index in [2.05, 4.69) is 21.2 Å². The lowest BCUT2D eigenvalue weighted by atomic mass is 10.1. The summed E-state index contributed by atoms with van der Waals surface area (Å²) in [7, 11) is 0. The normalized spacial score (nSPS) is 12.2. The van der Waals surface area contributed by atoms with Gasteiger partial charge in [0.1, 0.15) is 11.6 Å². The summed E-state index contributed by atoms with van der Waals surface area (Å²) < 4.78 is 26.3. The highest BCUT2D eigenvalue weighted by atomic mass is 79.9. The first-order valence-electron chi connectivity index (χ1n) is 5.79. The fourth-order valence-corrected chi connectivity index (χ4v) is 2.67. The number of aliphatic hydroxyl groups excluding tert-OH is 1. The first-order valence-corrected chi connectivity index (χ1v) is 6.96. The Bertz CT molecular complexity index is 584. The van der Waals surface area contributed by atoms with Gasteiger partial charge in [-0.3, -0.25) is 0 Å². The maximum absolute atomic E-state index is 13.1. The van der Waals surface area contributed by atoms with Gasteiger partial charge in [-0.1, -0.05) is 23.7 Å². The summed E-state index contributed by atoms with van der Waals surface area (Å²) >= 11 is 9.12. The van der Waals surface area contributed by atoms with Crippen LogP contribution in [0.5, 0.6) is 0 Å². The van der Waals surface area contributed by atoms with E-state index in [0.717, 1.165) is 0 Å². The quantitative estimate of drug-likeness (QED) is 0.838. The van der Waals surface area contributed by atoms with Crippen LogP contribution in [-0.2, 0) is 0 Å². The van der Waals surface area contributed by atoms with E-state index in [1.54, 1.807) is 0 Å². The van der Waals surface area contributed by atoms with Crippen molar-refractivity contribution in [3.63, 3.8) is 0 Å². The molecule has 0 radical (unpaired) electrons. The molecule has 0 spiro atoms. The Morgan fingerprint density at radius 1 is 1.15 bits per heavy atom. The first-order chi connectivity index (χ1) is 9.47. The van der Waals surface area contributed by atoms with Gasteiger partial charge in [-0.05, 0) is 45.8 Å². The lowest BCUT2D eigenvalue weighted by molar-refractivity contribution is 0.191. The molecular formula is C14H11BrClF2NO. The minimum Gasteiger partial charge on any atom is -0.387 e. The number of hydrogen-bond acceptors (Lipinski definition) is 2. The van der Waals surface area contributed by atoms with Crippen molar-refractivity contribution in [1.29, 1.82) is 0 Å². The van der Waals surface area contributed by atoms with Gasteiger partial charge in [0.05, 0.1) is 16.8 Å². The van der Waals surface area contributed by atoms with E-state index in [1.807, 2.05) is 0 Å². The average molecular weight is 363 g/mol. The van der Waals surface area contributed by atoms with Crippen LogP contribution in [0, 0.1) is 11.6 Å². The molecule has 0 aromatic heterocycles. The SMILES string of the molecule is OC(CNc1c(Cl)cc(F)cc1Br)c1ccc(F)cc1. The van der Waals surface area contributed by atoms with Gasteiger partial charge in [-0.2, -0.15) is 0 Å². The molecule has 2 rings (SSSR count). The second-order valence-corrected chi connectivity index (χ2v) is 5.45. The highest BCUT2D eigenvalue weighted by molar-refractivity contribution is 9.10. The lowest BCUT2D eigenvalue weighted by Gasteiger charge is -2.15. The number of nitrogens with one attached hydrogen (secondary N) is 1. The van der Waals surface area contributed by atoms with Gasteiger partial charge < -0.3 is 10.4 Å². The average Bonchev–Trinajstić information content (AvgIpc) is 2.38. The zero-order chi connectivity index (χ0) is 14.7. The third kappa shape index (κ3) is 3.69. The van der Waals surface area contributed by atoms with Crippen LogP contribution in [0.3, 0.4) is 0 Å². The molecular weight excluding hydrogens is 352 g/mol. The zero-order valence-corrected chi connectivity index (χ0v) is 12.5. The predicted molar refractivity (Wildman–Crippen MR) is 79.0 cm³/mol. The van der Waals surface area contributed by atoms with E-state index in [1.165, 1.54) is 36.4 Å². The van der Waals surface area contributed by atoms with Crippen molar-refractivity contribution >= 4 is 33.2 Å². The van der Waals surface area contributed by atoms with Crippen LogP contribution >= 0.6 is 27.5 Å². The summed E-state index contributed by atoms with van der Waals surface area (Å²) in [6.07, 6.45) is -0.830. The lowest BCUT2D eigenvalue weighted by Crippen LogP contribution is -2.12. The van der Waals surface area contributed by atoms with Gasteiger partial charge >= 0.3 is 0 Å². The number of rotatable bonds is 4. The summed E-state index contributed by atoms with van der Waals surface area (Å²) in [5, 5.41) is 13.1. The summed E-state index contributed by atoms with van der Waals surface area (Å²) in [5.74, 6) is -0.815. The molecule has 2 nitrogen and oxygen atoms in total. The molecule has 0 amide bonds. The van der Waals surface area contributed by atoms with Crippen LogP contribution in [0.2, 0.25) is 5.02 Å². The maximum atomic E-state index is 13.1. The van der Waals surface area contributed by atoms with E-state index >= 15 is 0 Å². The molecule has 2 N–H and O–H groups in total. The molecule has 0 aliphatic rings. The van der Waals surface area contributed by atoms with Crippen molar-refractivity contribution in [2.24, 2.45) is 0 Å². The molecule has 106 valence electrons. The number of halogens is 4. The van der Waals surface area contributed by atoms with Crippen molar-refractivity contribution in [2.75, 3.05) is 11.9 Å². The molecule has 2 aromatic rings. The Kier molecular flexibility index (Phi) is 4.96. The van der Waals surface area contributed by atoms with Gasteiger partial charge in [-0.25, -0.2) is 8.78 Å². The van der Waals surface area contributed by atoms with Crippen LogP contribution in [0.15, 0.2) is 40.9 Å². The monoisotopic (exact) mass is 361 g/mol. The number of hydrogen-bond donors (Lipinski definition) is 2.